The van der Waals surface area contributed by atoms with E-state index in [9.17, 15) is 9.59 Å². The number of hydrogen-bond acceptors (Lipinski definition) is 5. The number of esters is 1. The van der Waals surface area contributed by atoms with Gasteiger partial charge in [-0.05, 0) is 51.3 Å². The molecule has 2 aliphatic rings. The summed E-state index contributed by atoms with van der Waals surface area (Å²) in [6.07, 6.45) is 1.44. The molecule has 2 heterocycles. The van der Waals surface area contributed by atoms with Crippen molar-refractivity contribution >= 4 is 12.1 Å². The maximum Gasteiger partial charge on any atom is 0.410 e. The highest BCUT2D eigenvalue weighted by Gasteiger charge is 2.26. The lowest BCUT2D eigenvalue weighted by atomic mass is 9.96. The first-order chi connectivity index (χ1) is 12.7. The van der Waals surface area contributed by atoms with E-state index >= 15 is 0 Å². The summed E-state index contributed by atoms with van der Waals surface area (Å²) >= 11 is 0. The summed E-state index contributed by atoms with van der Waals surface area (Å²) in [5, 5.41) is 0. The molecule has 1 aromatic rings. The van der Waals surface area contributed by atoms with Crippen molar-refractivity contribution in [1.29, 1.82) is 0 Å². The summed E-state index contributed by atoms with van der Waals surface area (Å²) in [7, 11) is 0. The number of hydrogen-bond donors (Lipinski definition) is 0. The fourth-order valence-electron chi connectivity index (χ4n) is 3.54. The van der Waals surface area contributed by atoms with Gasteiger partial charge in [-0.1, -0.05) is 12.1 Å². The highest BCUT2D eigenvalue weighted by atomic mass is 16.6. The third kappa shape index (κ3) is 5.22. The molecule has 0 N–H and O–H groups in total. The van der Waals surface area contributed by atoms with E-state index in [2.05, 4.69) is 11.0 Å². The molecule has 1 unspecified atom stereocenters. The van der Waals surface area contributed by atoms with Gasteiger partial charge < -0.3 is 14.4 Å². The maximum atomic E-state index is 12.1. The number of ether oxygens (including phenoxy) is 2. The summed E-state index contributed by atoms with van der Waals surface area (Å²) in [6, 6.07) is 6.05. The molecule has 1 saturated heterocycles. The molecule has 0 bridgehead atoms. The van der Waals surface area contributed by atoms with Gasteiger partial charge in [0.2, 0.25) is 0 Å². The highest BCUT2D eigenvalue weighted by Crippen LogP contribution is 2.22. The molecule has 148 valence electrons. The molecule has 6 heteroatoms. The van der Waals surface area contributed by atoms with Gasteiger partial charge in [-0.15, -0.1) is 0 Å². The van der Waals surface area contributed by atoms with Crippen LogP contribution in [0.25, 0.3) is 0 Å². The summed E-state index contributed by atoms with van der Waals surface area (Å²) in [5.74, 6) is -0.214. The molecule has 1 aromatic carbocycles. The predicted molar refractivity (Wildman–Crippen MR) is 103 cm³/mol. The van der Waals surface area contributed by atoms with Gasteiger partial charge in [0.1, 0.15) is 11.7 Å². The van der Waals surface area contributed by atoms with Crippen molar-refractivity contribution in [2.75, 3.05) is 32.7 Å². The molecular weight excluding hydrogens is 344 g/mol. The van der Waals surface area contributed by atoms with E-state index in [1.165, 1.54) is 5.56 Å². The number of fused-ring (bicyclic) bond motifs is 1. The molecule has 27 heavy (non-hydrogen) atoms. The summed E-state index contributed by atoms with van der Waals surface area (Å²) < 4.78 is 10.7. The monoisotopic (exact) mass is 374 g/mol. The van der Waals surface area contributed by atoms with Crippen LogP contribution in [0.1, 0.15) is 49.2 Å². The lowest BCUT2D eigenvalue weighted by Crippen LogP contribution is -2.50. The van der Waals surface area contributed by atoms with Crippen LogP contribution >= 0.6 is 0 Å². The van der Waals surface area contributed by atoms with Crippen LogP contribution in [-0.2, 0) is 22.3 Å². The van der Waals surface area contributed by atoms with Crippen LogP contribution in [0.15, 0.2) is 18.2 Å². The lowest BCUT2D eigenvalue weighted by molar-refractivity contribution is 0.0145. The Morgan fingerprint density at radius 3 is 2.59 bits per heavy atom. The smallest absolute Gasteiger partial charge is 0.410 e. The number of cyclic esters (lactones) is 1. The second kappa shape index (κ2) is 7.89. The third-order valence-electron chi connectivity index (χ3n) is 4.95. The number of benzene rings is 1. The molecule has 0 spiro atoms. The standard InChI is InChI=1S/C21H30N2O4/c1-15-13-17-14-16(5-6-18(17)19(24)26-15)7-8-22-9-11-23(12-10-22)20(25)27-21(2,3)4/h5-6,14-15H,7-13H2,1-4H3. The van der Waals surface area contributed by atoms with E-state index in [0.29, 0.717) is 18.7 Å². The second-order valence-electron chi connectivity index (χ2n) is 8.47. The van der Waals surface area contributed by atoms with Crippen LogP contribution in [0, 0.1) is 0 Å². The Morgan fingerprint density at radius 2 is 1.93 bits per heavy atom. The number of nitrogens with zero attached hydrogens (tertiary/aromatic N) is 2. The van der Waals surface area contributed by atoms with Gasteiger partial charge in [-0.25, -0.2) is 9.59 Å². The van der Waals surface area contributed by atoms with Gasteiger partial charge in [-0.3, -0.25) is 4.90 Å². The number of carbonyl (C=O) groups is 2. The fraction of sp³-hybridized carbons (Fsp3) is 0.619. The Kier molecular flexibility index (Phi) is 5.75. The zero-order chi connectivity index (χ0) is 19.6. The molecule has 3 rings (SSSR count). The van der Waals surface area contributed by atoms with Gasteiger partial charge in [0.15, 0.2) is 0 Å². The van der Waals surface area contributed by atoms with Gasteiger partial charge in [0, 0.05) is 39.1 Å². The van der Waals surface area contributed by atoms with Crippen molar-refractivity contribution in [2.24, 2.45) is 0 Å². The molecular formula is C21H30N2O4. The third-order valence-corrected chi connectivity index (χ3v) is 4.95. The average Bonchev–Trinajstić information content (AvgIpc) is 2.58. The van der Waals surface area contributed by atoms with Crippen LogP contribution in [0.5, 0.6) is 0 Å². The van der Waals surface area contributed by atoms with Crippen LogP contribution < -0.4 is 0 Å². The van der Waals surface area contributed by atoms with Gasteiger partial charge in [0.25, 0.3) is 0 Å². The van der Waals surface area contributed by atoms with Crippen LogP contribution in [0.4, 0.5) is 4.79 Å². The Bertz CT molecular complexity index is 703. The van der Waals surface area contributed by atoms with E-state index < -0.39 is 5.60 Å². The predicted octanol–water partition coefficient (Wildman–Crippen LogP) is 2.88. The van der Waals surface area contributed by atoms with Crippen LogP contribution in [-0.4, -0.2) is 66.3 Å². The Labute approximate surface area is 161 Å². The van der Waals surface area contributed by atoms with E-state index in [1.807, 2.05) is 39.8 Å². The van der Waals surface area contributed by atoms with Crippen molar-refractivity contribution in [3.8, 4) is 0 Å². The fourth-order valence-corrected chi connectivity index (χ4v) is 3.54. The second-order valence-corrected chi connectivity index (χ2v) is 8.47. The number of rotatable bonds is 3. The first-order valence-electron chi connectivity index (χ1n) is 9.74. The largest absolute Gasteiger partial charge is 0.459 e. The number of carbonyl (C=O) groups excluding carboxylic acids is 2. The summed E-state index contributed by atoms with van der Waals surface area (Å²) in [5.41, 5.74) is 2.57. The minimum atomic E-state index is -0.454. The molecule has 1 fully saturated rings. The lowest BCUT2D eigenvalue weighted by Gasteiger charge is -2.35. The van der Waals surface area contributed by atoms with E-state index in [-0.39, 0.29) is 18.2 Å². The molecule has 0 radical (unpaired) electrons. The molecule has 2 aliphatic heterocycles. The quantitative estimate of drug-likeness (QED) is 0.762. The molecule has 1 atom stereocenters. The zero-order valence-electron chi connectivity index (χ0n) is 16.8. The normalized spacial score (nSPS) is 20.8. The van der Waals surface area contributed by atoms with Crippen molar-refractivity contribution in [1.82, 2.24) is 9.80 Å². The molecule has 0 aromatic heterocycles. The van der Waals surface area contributed by atoms with Crippen molar-refractivity contribution in [2.45, 2.75) is 52.2 Å². The van der Waals surface area contributed by atoms with Crippen molar-refractivity contribution in [3.63, 3.8) is 0 Å². The Hall–Kier alpha value is -2.08. The molecule has 1 amide bonds. The molecule has 6 nitrogen and oxygen atoms in total. The van der Waals surface area contributed by atoms with Gasteiger partial charge in [-0.2, -0.15) is 0 Å². The van der Waals surface area contributed by atoms with E-state index in [4.69, 9.17) is 9.47 Å². The van der Waals surface area contributed by atoms with Gasteiger partial charge >= 0.3 is 12.1 Å². The minimum Gasteiger partial charge on any atom is -0.459 e. The topological polar surface area (TPSA) is 59.1 Å². The zero-order valence-corrected chi connectivity index (χ0v) is 16.8. The van der Waals surface area contributed by atoms with Crippen LogP contribution in [0.2, 0.25) is 0 Å². The summed E-state index contributed by atoms with van der Waals surface area (Å²) in [4.78, 5) is 28.2. The Morgan fingerprint density at radius 1 is 1.22 bits per heavy atom. The number of piperazine rings is 1. The van der Waals surface area contributed by atoms with E-state index in [1.54, 1.807) is 4.90 Å². The van der Waals surface area contributed by atoms with E-state index in [0.717, 1.165) is 38.0 Å². The van der Waals surface area contributed by atoms with Crippen LogP contribution in [0.3, 0.4) is 0 Å². The Balaban J connectivity index is 1.49. The van der Waals surface area contributed by atoms with Gasteiger partial charge in [0.05, 0.1) is 5.56 Å². The first kappa shape index (κ1) is 19.7. The van der Waals surface area contributed by atoms with Crippen molar-refractivity contribution in [3.05, 3.63) is 34.9 Å². The number of amides is 1. The summed E-state index contributed by atoms with van der Waals surface area (Å²) in [6.45, 7) is 11.6. The first-order valence-corrected chi connectivity index (χ1v) is 9.74. The van der Waals surface area contributed by atoms with Crippen molar-refractivity contribution < 1.29 is 19.1 Å². The molecule has 0 aliphatic carbocycles. The molecule has 0 saturated carbocycles. The highest BCUT2D eigenvalue weighted by molar-refractivity contribution is 5.92. The average molecular weight is 374 g/mol. The maximum absolute atomic E-state index is 12.1. The minimum absolute atomic E-state index is 0.0545. The SMILES string of the molecule is CC1Cc2cc(CCN3CCN(C(=O)OC(C)(C)C)CC3)ccc2C(=O)O1.